The largest absolute Gasteiger partial charge is 0.480 e. The average molecular weight is 250 g/mol. The van der Waals surface area contributed by atoms with E-state index < -0.39 is 5.97 Å². The van der Waals surface area contributed by atoms with Gasteiger partial charge in [-0.1, -0.05) is 5.92 Å². The molecule has 0 aliphatic heterocycles. The van der Waals surface area contributed by atoms with Crippen molar-refractivity contribution < 1.29 is 14.7 Å². The number of carbonyl (C=O) groups excluding carboxylic acids is 1. The summed E-state index contributed by atoms with van der Waals surface area (Å²) in [6.07, 6.45) is 9.58. The summed E-state index contributed by atoms with van der Waals surface area (Å²) in [6, 6.07) is 0.0805. The maximum atomic E-state index is 12.3. The maximum Gasteiger partial charge on any atom is 0.323 e. The minimum absolute atomic E-state index is 0.0546. The second-order valence-electron chi connectivity index (χ2n) is 5.06. The molecule has 2 aliphatic rings. The molecule has 2 fully saturated rings. The van der Waals surface area contributed by atoms with E-state index in [-0.39, 0.29) is 19.1 Å². The molecule has 2 amide bonds. The van der Waals surface area contributed by atoms with Crippen LogP contribution in [0.1, 0.15) is 25.7 Å². The van der Waals surface area contributed by atoms with E-state index in [1.54, 1.807) is 0 Å². The zero-order valence-electron chi connectivity index (χ0n) is 10.3. The minimum Gasteiger partial charge on any atom is -0.480 e. The number of aliphatic carboxylic acids is 1. The van der Waals surface area contributed by atoms with Crippen LogP contribution in [0.15, 0.2) is 0 Å². The molecule has 0 unspecified atom stereocenters. The molecule has 0 bridgehead atoms. The Morgan fingerprint density at radius 1 is 1.28 bits per heavy atom. The van der Waals surface area contributed by atoms with E-state index in [1.165, 1.54) is 17.7 Å². The van der Waals surface area contributed by atoms with Gasteiger partial charge in [0.05, 0.1) is 6.54 Å². The van der Waals surface area contributed by atoms with Crippen molar-refractivity contribution in [2.45, 2.75) is 31.7 Å². The third-order valence-corrected chi connectivity index (χ3v) is 3.26. The van der Waals surface area contributed by atoms with Gasteiger partial charge in [-0.25, -0.2) is 4.79 Å². The highest BCUT2D eigenvalue weighted by Crippen LogP contribution is 2.35. The van der Waals surface area contributed by atoms with Crippen molar-refractivity contribution in [2.75, 3.05) is 19.6 Å². The SMILES string of the molecule is C#CCN(CC(=O)O)C(=O)N(CC1CC1)C1CC1. The van der Waals surface area contributed by atoms with Crippen molar-refractivity contribution in [1.82, 2.24) is 9.80 Å². The second kappa shape index (κ2) is 5.30. The molecule has 18 heavy (non-hydrogen) atoms. The normalized spacial score (nSPS) is 17.9. The molecule has 0 spiro atoms. The van der Waals surface area contributed by atoms with Gasteiger partial charge >= 0.3 is 12.0 Å². The van der Waals surface area contributed by atoms with Crippen LogP contribution in [0.5, 0.6) is 0 Å². The minimum atomic E-state index is -1.03. The van der Waals surface area contributed by atoms with Crippen LogP contribution in [0.2, 0.25) is 0 Å². The predicted molar refractivity (Wildman–Crippen MR) is 65.9 cm³/mol. The first-order valence-corrected chi connectivity index (χ1v) is 6.32. The van der Waals surface area contributed by atoms with E-state index in [1.807, 2.05) is 4.90 Å². The summed E-state index contributed by atoms with van der Waals surface area (Å²) in [6.45, 7) is 0.486. The first-order chi connectivity index (χ1) is 8.61. The lowest BCUT2D eigenvalue weighted by molar-refractivity contribution is -0.137. The van der Waals surface area contributed by atoms with E-state index in [0.29, 0.717) is 12.0 Å². The van der Waals surface area contributed by atoms with Gasteiger partial charge in [0.1, 0.15) is 6.54 Å². The fourth-order valence-electron chi connectivity index (χ4n) is 1.99. The third-order valence-electron chi connectivity index (χ3n) is 3.26. The molecule has 98 valence electrons. The Hall–Kier alpha value is -1.70. The Morgan fingerprint density at radius 2 is 1.94 bits per heavy atom. The number of rotatable bonds is 6. The number of hydrogen-bond acceptors (Lipinski definition) is 2. The lowest BCUT2D eigenvalue weighted by Gasteiger charge is -2.28. The van der Waals surface area contributed by atoms with Gasteiger partial charge in [-0.2, -0.15) is 0 Å². The number of hydrogen-bond donors (Lipinski definition) is 1. The molecule has 0 atom stereocenters. The van der Waals surface area contributed by atoms with Gasteiger partial charge in [-0.05, 0) is 31.6 Å². The van der Waals surface area contributed by atoms with Gasteiger partial charge < -0.3 is 14.9 Å². The zero-order valence-corrected chi connectivity index (χ0v) is 10.3. The molecule has 0 aromatic carbocycles. The predicted octanol–water partition coefficient (Wildman–Crippen LogP) is 1.00. The Labute approximate surface area is 107 Å². The molecule has 0 aromatic heterocycles. The average Bonchev–Trinajstić information content (AvgIpc) is 3.14. The number of urea groups is 1. The van der Waals surface area contributed by atoms with Crippen molar-refractivity contribution in [3.8, 4) is 12.3 Å². The van der Waals surface area contributed by atoms with Crippen LogP contribution in [0.4, 0.5) is 4.79 Å². The second-order valence-corrected chi connectivity index (χ2v) is 5.06. The zero-order chi connectivity index (χ0) is 13.1. The van der Waals surface area contributed by atoms with Gasteiger partial charge in [0.15, 0.2) is 0 Å². The molecular weight excluding hydrogens is 232 g/mol. The maximum absolute atomic E-state index is 12.3. The fourth-order valence-corrected chi connectivity index (χ4v) is 1.99. The molecular formula is C13H18N2O3. The lowest BCUT2D eigenvalue weighted by atomic mass is 10.3. The highest BCUT2D eigenvalue weighted by atomic mass is 16.4. The van der Waals surface area contributed by atoms with Gasteiger partial charge in [0.25, 0.3) is 0 Å². The number of carboxylic acids is 1. The third kappa shape index (κ3) is 3.39. The summed E-state index contributed by atoms with van der Waals surface area (Å²) >= 11 is 0. The Bertz CT molecular complexity index is 380. The topological polar surface area (TPSA) is 60.9 Å². The first-order valence-electron chi connectivity index (χ1n) is 6.32. The quantitative estimate of drug-likeness (QED) is 0.715. The van der Waals surface area contributed by atoms with E-state index in [9.17, 15) is 9.59 Å². The highest BCUT2D eigenvalue weighted by molar-refractivity contribution is 5.81. The van der Waals surface area contributed by atoms with E-state index in [4.69, 9.17) is 11.5 Å². The number of carbonyl (C=O) groups is 2. The number of terminal acetylenes is 1. The lowest BCUT2D eigenvalue weighted by Crippen LogP contribution is -2.47. The molecule has 0 heterocycles. The monoisotopic (exact) mass is 250 g/mol. The molecule has 1 N–H and O–H groups in total. The summed E-state index contributed by atoms with van der Waals surface area (Å²) < 4.78 is 0. The van der Waals surface area contributed by atoms with E-state index in [0.717, 1.165) is 19.4 Å². The van der Waals surface area contributed by atoms with Gasteiger partial charge in [0, 0.05) is 12.6 Å². The van der Waals surface area contributed by atoms with Crippen LogP contribution in [0.3, 0.4) is 0 Å². The summed E-state index contributed by atoms with van der Waals surface area (Å²) in [5.74, 6) is 1.93. The molecule has 0 saturated heterocycles. The standard InChI is InChI=1S/C13H18N2O3/c1-2-7-14(9-12(16)17)13(18)15(11-5-6-11)8-10-3-4-10/h1,10-11H,3-9H2,(H,16,17). The number of nitrogens with zero attached hydrogens (tertiary/aromatic N) is 2. The van der Waals surface area contributed by atoms with E-state index in [2.05, 4.69) is 5.92 Å². The van der Waals surface area contributed by atoms with Crippen LogP contribution in [0.25, 0.3) is 0 Å². The highest BCUT2D eigenvalue weighted by Gasteiger charge is 2.38. The van der Waals surface area contributed by atoms with Gasteiger partial charge in [0.2, 0.25) is 0 Å². The van der Waals surface area contributed by atoms with Crippen LogP contribution >= 0.6 is 0 Å². The van der Waals surface area contributed by atoms with Crippen molar-refractivity contribution in [3.63, 3.8) is 0 Å². The smallest absolute Gasteiger partial charge is 0.323 e. The molecule has 5 heteroatoms. The summed E-state index contributed by atoms with van der Waals surface area (Å²) in [5, 5.41) is 8.81. The summed E-state index contributed by atoms with van der Waals surface area (Å²) in [4.78, 5) is 26.1. The molecule has 0 radical (unpaired) electrons. The number of carboxylic acid groups (broad SMARTS) is 1. The molecule has 2 aliphatic carbocycles. The molecule has 0 aromatic rings. The first kappa shape index (κ1) is 12.7. The fraction of sp³-hybridized carbons (Fsp3) is 0.692. The molecule has 5 nitrogen and oxygen atoms in total. The summed E-state index contributed by atoms with van der Waals surface area (Å²) in [7, 11) is 0. The van der Waals surface area contributed by atoms with Gasteiger partial charge in [-0.15, -0.1) is 6.42 Å². The molecule has 2 rings (SSSR count). The summed E-state index contributed by atoms with van der Waals surface area (Å²) in [5.41, 5.74) is 0. The van der Waals surface area contributed by atoms with Crippen molar-refractivity contribution in [3.05, 3.63) is 0 Å². The van der Waals surface area contributed by atoms with E-state index >= 15 is 0 Å². The van der Waals surface area contributed by atoms with Crippen LogP contribution in [-0.4, -0.2) is 52.6 Å². The Balaban J connectivity index is 1.98. The van der Waals surface area contributed by atoms with Crippen LogP contribution in [-0.2, 0) is 4.79 Å². The van der Waals surface area contributed by atoms with Crippen LogP contribution < -0.4 is 0 Å². The van der Waals surface area contributed by atoms with Crippen molar-refractivity contribution in [2.24, 2.45) is 5.92 Å². The van der Waals surface area contributed by atoms with Crippen molar-refractivity contribution >= 4 is 12.0 Å². The molecule has 2 saturated carbocycles. The Morgan fingerprint density at radius 3 is 2.39 bits per heavy atom. The van der Waals surface area contributed by atoms with Crippen LogP contribution in [0, 0.1) is 18.3 Å². The van der Waals surface area contributed by atoms with Gasteiger partial charge in [-0.3, -0.25) is 4.79 Å². The number of amides is 2. The van der Waals surface area contributed by atoms with Crippen molar-refractivity contribution in [1.29, 1.82) is 0 Å². The Kier molecular flexibility index (Phi) is 3.75.